The van der Waals surface area contributed by atoms with E-state index < -0.39 is 0 Å². The Hall–Kier alpha value is -2.93. The number of nitrogens with one attached hydrogen (secondary N) is 3. The second-order valence-electron chi connectivity index (χ2n) is 6.96. The van der Waals surface area contributed by atoms with Crippen molar-refractivity contribution >= 4 is 17.5 Å². The van der Waals surface area contributed by atoms with Crippen molar-refractivity contribution in [2.75, 3.05) is 24.7 Å². The molecular weight excluding hydrogens is 338 g/mol. The van der Waals surface area contributed by atoms with E-state index in [1.807, 2.05) is 38.0 Å². The molecule has 0 atom stereocenters. The van der Waals surface area contributed by atoms with E-state index in [2.05, 4.69) is 55.4 Å². The molecule has 1 aliphatic carbocycles. The van der Waals surface area contributed by atoms with Crippen molar-refractivity contribution in [3.8, 4) is 5.69 Å². The minimum Gasteiger partial charge on any atom is -0.373 e. The molecule has 0 saturated heterocycles. The molecule has 0 amide bonds. The fraction of sp³-hybridized carbons (Fsp3) is 0.350. The van der Waals surface area contributed by atoms with Gasteiger partial charge < -0.3 is 16.0 Å². The zero-order valence-electron chi connectivity index (χ0n) is 16.0. The van der Waals surface area contributed by atoms with Gasteiger partial charge in [-0.1, -0.05) is 6.07 Å². The van der Waals surface area contributed by atoms with Crippen molar-refractivity contribution in [3.05, 3.63) is 53.5 Å². The zero-order chi connectivity index (χ0) is 18.8. The molecule has 3 N–H and O–H groups in total. The molecule has 27 heavy (non-hydrogen) atoms. The lowest BCUT2D eigenvalue weighted by Crippen LogP contribution is -2.05. The molecule has 1 fully saturated rings. The Labute approximate surface area is 159 Å². The Morgan fingerprint density at radius 1 is 1.15 bits per heavy atom. The summed E-state index contributed by atoms with van der Waals surface area (Å²) in [5.41, 5.74) is 5.49. The number of anilines is 3. The predicted octanol–water partition coefficient (Wildman–Crippen LogP) is 3.35. The number of hydrogen-bond acceptors (Lipinski definition) is 6. The molecule has 0 radical (unpaired) electrons. The van der Waals surface area contributed by atoms with Crippen LogP contribution in [0.25, 0.3) is 5.69 Å². The molecule has 0 aliphatic heterocycles. The maximum atomic E-state index is 4.57. The normalized spacial score (nSPS) is 13.6. The fourth-order valence-electron chi connectivity index (χ4n) is 3.23. The van der Waals surface area contributed by atoms with Gasteiger partial charge in [0.2, 0.25) is 5.95 Å². The van der Waals surface area contributed by atoms with Gasteiger partial charge in [-0.25, -0.2) is 9.67 Å². The first-order valence-corrected chi connectivity index (χ1v) is 9.29. The summed E-state index contributed by atoms with van der Waals surface area (Å²) in [5.74, 6) is 2.02. The molecular formula is C20H25N7. The summed E-state index contributed by atoms with van der Waals surface area (Å²) in [4.78, 5) is 8.97. The lowest BCUT2D eigenvalue weighted by molar-refractivity contribution is 0.815. The van der Waals surface area contributed by atoms with Crippen molar-refractivity contribution in [3.63, 3.8) is 0 Å². The average molecular weight is 363 g/mol. The highest BCUT2D eigenvalue weighted by molar-refractivity contribution is 5.62. The molecule has 0 bridgehead atoms. The lowest BCUT2D eigenvalue weighted by atomic mass is 10.1. The van der Waals surface area contributed by atoms with Crippen LogP contribution in [0.3, 0.4) is 0 Å². The number of nitrogens with zero attached hydrogens (tertiary/aromatic N) is 4. The van der Waals surface area contributed by atoms with Gasteiger partial charge in [-0.2, -0.15) is 10.1 Å². The van der Waals surface area contributed by atoms with Gasteiger partial charge in [0, 0.05) is 42.8 Å². The number of rotatable bonds is 7. The van der Waals surface area contributed by atoms with Crippen LogP contribution in [-0.4, -0.2) is 33.8 Å². The van der Waals surface area contributed by atoms with Crippen LogP contribution in [0, 0.1) is 6.92 Å². The SMILES string of the molecule is CNCc1cnn(-c2cc(Nc3nc(C)cc(NC)n3)ccc2C2CC2)c1. The summed E-state index contributed by atoms with van der Waals surface area (Å²) in [6, 6.07) is 8.35. The monoisotopic (exact) mass is 363 g/mol. The van der Waals surface area contributed by atoms with E-state index in [1.54, 1.807) is 0 Å². The van der Waals surface area contributed by atoms with Crippen LogP contribution in [0.4, 0.5) is 17.5 Å². The van der Waals surface area contributed by atoms with E-state index in [9.17, 15) is 0 Å². The van der Waals surface area contributed by atoms with Crippen LogP contribution >= 0.6 is 0 Å². The third-order valence-corrected chi connectivity index (χ3v) is 4.68. The van der Waals surface area contributed by atoms with E-state index in [-0.39, 0.29) is 0 Å². The molecule has 0 spiro atoms. The largest absolute Gasteiger partial charge is 0.373 e. The molecule has 140 valence electrons. The lowest BCUT2D eigenvalue weighted by Gasteiger charge is -2.13. The van der Waals surface area contributed by atoms with Gasteiger partial charge in [-0.05, 0) is 50.4 Å². The zero-order valence-corrected chi connectivity index (χ0v) is 16.0. The summed E-state index contributed by atoms with van der Waals surface area (Å²) in [6.07, 6.45) is 6.49. The highest BCUT2D eigenvalue weighted by Crippen LogP contribution is 2.43. The Kier molecular flexibility index (Phi) is 4.77. The van der Waals surface area contributed by atoms with E-state index in [0.717, 1.165) is 29.4 Å². The Morgan fingerprint density at radius 3 is 2.74 bits per heavy atom. The van der Waals surface area contributed by atoms with Crippen LogP contribution in [0.2, 0.25) is 0 Å². The van der Waals surface area contributed by atoms with Crippen molar-refractivity contribution in [1.29, 1.82) is 0 Å². The minimum atomic E-state index is 0.584. The summed E-state index contributed by atoms with van der Waals surface area (Å²) in [6.45, 7) is 2.77. The smallest absolute Gasteiger partial charge is 0.229 e. The molecule has 7 nitrogen and oxygen atoms in total. The number of aryl methyl sites for hydroxylation is 1. The van der Waals surface area contributed by atoms with Gasteiger partial charge in [0.1, 0.15) is 5.82 Å². The summed E-state index contributed by atoms with van der Waals surface area (Å²) in [5, 5.41) is 14.1. The number of hydrogen-bond donors (Lipinski definition) is 3. The van der Waals surface area contributed by atoms with Crippen LogP contribution in [0.1, 0.15) is 35.6 Å². The highest BCUT2D eigenvalue weighted by atomic mass is 15.3. The Balaban J connectivity index is 1.67. The standard InChI is InChI=1S/C20H25N7/c1-13-8-19(22-3)26-20(24-13)25-16-6-7-17(15-4-5-15)18(9-16)27-12-14(10-21-2)11-23-27/h6-9,11-12,15,21H,4-5,10H2,1-3H3,(H2,22,24,25,26). The molecule has 1 aromatic carbocycles. The molecule has 0 unspecified atom stereocenters. The highest BCUT2D eigenvalue weighted by Gasteiger charge is 2.27. The third kappa shape index (κ3) is 3.93. The average Bonchev–Trinajstić information content (AvgIpc) is 3.40. The van der Waals surface area contributed by atoms with E-state index >= 15 is 0 Å². The van der Waals surface area contributed by atoms with Crippen LogP contribution < -0.4 is 16.0 Å². The quantitative estimate of drug-likeness (QED) is 0.597. The van der Waals surface area contributed by atoms with Gasteiger partial charge in [0.25, 0.3) is 0 Å². The van der Waals surface area contributed by atoms with E-state index in [1.165, 1.54) is 24.0 Å². The number of aromatic nitrogens is 4. The Bertz CT molecular complexity index is 943. The van der Waals surface area contributed by atoms with Gasteiger partial charge >= 0.3 is 0 Å². The van der Waals surface area contributed by atoms with Crippen molar-refractivity contribution < 1.29 is 0 Å². The van der Waals surface area contributed by atoms with E-state index in [4.69, 9.17) is 0 Å². The van der Waals surface area contributed by atoms with Crippen molar-refractivity contribution in [2.45, 2.75) is 32.2 Å². The van der Waals surface area contributed by atoms with Crippen molar-refractivity contribution in [1.82, 2.24) is 25.1 Å². The first-order chi connectivity index (χ1) is 13.2. The molecule has 2 aromatic heterocycles. The number of benzene rings is 1. The second-order valence-corrected chi connectivity index (χ2v) is 6.96. The van der Waals surface area contributed by atoms with Gasteiger partial charge in [0.05, 0.1) is 11.9 Å². The van der Waals surface area contributed by atoms with Gasteiger partial charge in [-0.3, -0.25) is 0 Å². The third-order valence-electron chi connectivity index (χ3n) is 4.68. The summed E-state index contributed by atoms with van der Waals surface area (Å²) >= 11 is 0. The molecule has 3 aromatic rings. The first kappa shape index (κ1) is 17.5. The van der Waals surface area contributed by atoms with Gasteiger partial charge in [-0.15, -0.1) is 0 Å². The van der Waals surface area contributed by atoms with Crippen LogP contribution in [0.5, 0.6) is 0 Å². The summed E-state index contributed by atoms with van der Waals surface area (Å²) in [7, 11) is 3.80. The molecule has 1 saturated carbocycles. The summed E-state index contributed by atoms with van der Waals surface area (Å²) < 4.78 is 1.97. The molecule has 2 heterocycles. The maximum absolute atomic E-state index is 4.57. The Morgan fingerprint density at radius 2 is 2.00 bits per heavy atom. The van der Waals surface area contributed by atoms with Crippen LogP contribution in [-0.2, 0) is 6.54 Å². The first-order valence-electron chi connectivity index (χ1n) is 9.29. The van der Waals surface area contributed by atoms with Gasteiger partial charge in [0.15, 0.2) is 0 Å². The molecule has 7 heteroatoms. The fourth-order valence-corrected chi connectivity index (χ4v) is 3.23. The maximum Gasteiger partial charge on any atom is 0.229 e. The molecule has 1 aliphatic rings. The van der Waals surface area contributed by atoms with Crippen molar-refractivity contribution in [2.24, 2.45) is 0 Å². The topological polar surface area (TPSA) is 79.7 Å². The minimum absolute atomic E-state index is 0.584. The second kappa shape index (κ2) is 7.36. The predicted molar refractivity (Wildman–Crippen MR) is 108 cm³/mol. The van der Waals surface area contributed by atoms with E-state index in [0.29, 0.717) is 11.9 Å². The van der Waals surface area contributed by atoms with Crippen LogP contribution in [0.15, 0.2) is 36.7 Å². The molecule has 4 rings (SSSR count).